The minimum absolute atomic E-state index is 0.0168. The second kappa shape index (κ2) is 6.31. The summed E-state index contributed by atoms with van der Waals surface area (Å²) in [6, 6.07) is 5.54. The summed E-state index contributed by atoms with van der Waals surface area (Å²) in [7, 11) is -3.75. The van der Waals surface area contributed by atoms with Crippen LogP contribution in [0.1, 0.15) is 30.4 Å². The number of hydrogen-bond donors (Lipinski definition) is 0. The van der Waals surface area contributed by atoms with Gasteiger partial charge in [-0.25, -0.2) is 12.8 Å². The largest absolute Gasteiger partial charge is 0.284 e. The maximum atomic E-state index is 13.7. The minimum Gasteiger partial charge on any atom is -0.284 e. The summed E-state index contributed by atoms with van der Waals surface area (Å²) in [5.41, 5.74) is 0.213. The number of halogens is 1. The first-order valence-electron chi connectivity index (χ1n) is 6.35. The van der Waals surface area contributed by atoms with Gasteiger partial charge in [-0.05, 0) is 37.5 Å². The molecule has 0 radical (unpaired) electrons. The van der Waals surface area contributed by atoms with Gasteiger partial charge in [0.15, 0.2) is 0 Å². The molecule has 0 aliphatic carbocycles. The molecule has 5 nitrogen and oxygen atoms in total. The fraction of sp³-hybridized carbons (Fsp3) is 0.462. The Morgan fingerprint density at radius 2 is 2.15 bits per heavy atom. The predicted octanol–water partition coefficient (Wildman–Crippen LogP) is 1.94. The molecule has 7 heteroatoms. The van der Waals surface area contributed by atoms with E-state index in [0.29, 0.717) is 6.61 Å². The summed E-state index contributed by atoms with van der Waals surface area (Å²) in [6.07, 6.45) is 2.44. The highest BCUT2D eigenvalue weighted by Crippen LogP contribution is 2.18. The van der Waals surface area contributed by atoms with Crippen LogP contribution >= 0.6 is 0 Å². The van der Waals surface area contributed by atoms with Gasteiger partial charge in [0, 0.05) is 12.1 Å². The first kappa shape index (κ1) is 14.9. The van der Waals surface area contributed by atoms with Crippen molar-refractivity contribution in [2.75, 3.05) is 13.2 Å². The average molecular weight is 298 g/mol. The van der Waals surface area contributed by atoms with Gasteiger partial charge < -0.3 is 0 Å². The first-order chi connectivity index (χ1) is 9.53. The molecule has 1 fully saturated rings. The smallest absolute Gasteiger partial charge is 0.240 e. The molecule has 1 saturated heterocycles. The molecule has 108 valence electrons. The molecule has 0 saturated carbocycles. The van der Waals surface area contributed by atoms with E-state index in [0.717, 1.165) is 29.8 Å². The van der Waals surface area contributed by atoms with Crippen molar-refractivity contribution in [3.05, 3.63) is 35.1 Å². The van der Waals surface area contributed by atoms with Crippen LogP contribution in [0.15, 0.2) is 18.2 Å². The molecule has 0 N–H and O–H groups in total. The number of hydrogen-bond acceptors (Lipinski definition) is 4. The first-order valence-corrected chi connectivity index (χ1v) is 7.96. The lowest BCUT2D eigenvalue weighted by molar-refractivity contribution is -0.0750. The number of benzene rings is 1. The summed E-state index contributed by atoms with van der Waals surface area (Å²) in [6.45, 7) is 0.627. The summed E-state index contributed by atoms with van der Waals surface area (Å²) >= 11 is 0. The van der Waals surface area contributed by atoms with E-state index in [4.69, 9.17) is 10.1 Å². The third kappa shape index (κ3) is 3.54. The summed E-state index contributed by atoms with van der Waals surface area (Å²) in [5.74, 6) is -1.14. The Bertz CT molecular complexity index is 617. The Labute approximate surface area is 117 Å². The third-order valence-electron chi connectivity index (χ3n) is 3.04. The van der Waals surface area contributed by atoms with Gasteiger partial charge in [-0.1, -0.05) is 4.47 Å². The normalized spacial score (nSPS) is 17.4. The molecule has 0 atom stereocenters. The van der Waals surface area contributed by atoms with Gasteiger partial charge in [0.25, 0.3) is 0 Å². The minimum atomic E-state index is -3.75. The maximum absolute atomic E-state index is 13.7. The van der Waals surface area contributed by atoms with Gasteiger partial charge in [-0.2, -0.15) is 5.26 Å². The van der Waals surface area contributed by atoms with Crippen molar-refractivity contribution >= 4 is 10.0 Å². The van der Waals surface area contributed by atoms with Crippen LogP contribution in [0.4, 0.5) is 4.39 Å². The van der Waals surface area contributed by atoms with Crippen molar-refractivity contribution in [2.45, 2.75) is 25.0 Å². The molecule has 1 aliphatic heterocycles. The Hall–Kier alpha value is -1.49. The van der Waals surface area contributed by atoms with E-state index in [9.17, 15) is 12.8 Å². The van der Waals surface area contributed by atoms with Gasteiger partial charge in [0.1, 0.15) is 5.82 Å². The monoisotopic (exact) mass is 298 g/mol. The number of nitrogens with zero attached hydrogens (tertiary/aromatic N) is 2. The molecule has 0 amide bonds. The zero-order valence-corrected chi connectivity index (χ0v) is 11.7. The van der Waals surface area contributed by atoms with Crippen LogP contribution in [-0.2, 0) is 20.6 Å². The van der Waals surface area contributed by atoms with Crippen molar-refractivity contribution < 1.29 is 17.6 Å². The van der Waals surface area contributed by atoms with Gasteiger partial charge in [0.2, 0.25) is 10.0 Å². The number of sulfonamides is 1. The van der Waals surface area contributed by atoms with E-state index < -0.39 is 21.6 Å². The second-order valence-electron chi connectivity index (χ2n) is 4.59. The number of hydroxylamine groups is 1. The number of rotatable bonds is 3. The molecule has 1 heterocycles. The highest BCUT2D eigenvalue weighted by Gasteiger charge is 2.26. The van der Waals surface area contributed by atoms with Crippen molar-refractivity contribution in [3.8, 4) is 6.07 Å². The fourth-order valence-corrected chi connectivity index (χ4v) is 3.39. The van der Waals surface area contributed by atoms with Crippen molar-refractivity contribution in [1.82, 2.24) is 4.47 Å². The highest BCUT2D eigenvalue weighted by molar-refractivity contribution is 7.88. The van der Waals surface area contributed by atoms with E-state index in [1.54, 1.807) is 0 Å². The molecule has 2 rings (SSSR count). The Morgan fingerprint density at radius 1 is 1.35 bits per heavy atom. The van der Waals surface area contributed by atoms with E-state index in [1.807, 2.05) is 6.07 Å². The summed E-state index contributed by atoms with van der Waals surface area (Å²) in [4.78, 5) is 5.19. The quantitative estimate of drug-likeness (QED) is 0.855. The van der Waals surface area contributed by atoms with E-state index in [-0.39, 0.29) is 17.7 Å². The highest BCUT2D eigenvalue weighted by atomic mass is 32.2. The standard InChI is InChI=1S/C13H15FN2O3S/c14-13-5-4-11(9-15)8-12(13)10-20(17,18)16-6-2-1-3-7-19-16/h4-5,8H,1-3,6-7,10H2. The van der Waals surface area contributed by atoms with E-state index >= 15 is 0 Å². The van der Waals surface area contributed by atoms with Crippen molar-refractivity contribution in [3.63, 3.8) is 0 Å². The van der Waals surface area contributed by atoms with Crippen LogP contribution < -0.4 is 0 Å². The lowest BCUT2D eigenvalue weighted by atomic mass is 10.1. The van der Waals surface area contributed by atoms with Gasteiger partial charge in [0.05, 0.1) is 24.0 Å². The lowest BCUT2D eigenvalue weighted by Crippen LogP contribution is -2.32. The molecule has 1 aliphatic rings. The molecular formula is C13H15FN2O3S. The van der Waals surface area contributed by atoms with Gasteiger partial charge >= 0.3 is 0 Å². The third-order valence-corrected chi connectivity index (χ3v) is 4.63. The van der Waals surface area contributed by atoms with Crippen molar-refractivity contribution in [2.24, 2.45) is 0 Å². The van der Waals surface area contributed by atoms with Gasteiger partial charge in [-0.3, -0.25) is 4.84 Å². The lowest BCUT2D eigenvalue weighted by Gasteiger charge is -2.19. The van der Waals surface area contributed by atoms with E-state index in [2.05, 4.69) is 0 Å². The maximum Gasteiger partial charge on any atom is 0.240 e. The van der Waals surface area contributed by atoms with E-state index in [1.165, 1.54) is 12.1 Å². The molecule has 0 bridgehead atoms. The molecule has 1 aromatic carbocycles. The molecule has 0 spiro atoms. The average Bonchev–Trinajstić information content (AvgIpc) is 2.70. The predicted molar refractivity (Wildman–Crippen MR) is 70.2 cm³/mol. The zero-order chi connectivity index (χ0) is 14.6. The van der Waals surface area contributed by atoms with Crippen LogP contribution in [0.5, 0.6) is 0 Å². The number of nitriles is 1. The summed E-state index contributed by atoms with van der Waals surface area (Å²) in [5, 5.41) is 8.78. The zero-order valence-electron chi connectivity index (χ0n) is 10.9. The fourth-order valence-electron chi connectivity index (χ4n) is 1.99. The van der Waals surface area contributed by atoms with Crippen LogP contribution in [0.2, 0.25) is 0 Å². The molecule has 0 unspecified atom stereocenters. The Kier molecular flexibility index (Phi) is 4.70. The van der Waals surface area contributed by atoms with Crippen LogP contribution in [0.25, 0.3) is 0 Å². The van der Waals surface area contributed by atoms with Crippen LogP contribution in [-0.4, -0.2) is 26.0 Å². The topological polar surface area (TPSA) is 70.4 Å². The van der Waals surface area contributed by atoms with Crippen molar-refractivity contribution in [1.29, 1.82) is 5.26 Å². The summed E-state index contributed by atoms with van der Waals surface area (Å²) < 4.78 is 39.0. The Morgan fingerprint density at radius 3 is 2.90 bits per heavy atom. The second-order valence-corrected chi connectivity index (χ2v) is 6.45. The SMILES string of the molecule is N#Cc1ccc(F)c(CS(=O)(=O)N2CCCCCO2)c1. The Balaban J connectivity index is 2.21. The molecule has 20 heavy (non-hydrogen) atoms. The molecular weight excluding hydrogens is 283 g/mol. The molecule has 1 aromatic rings. The van der Waals surface area contributed by atoms with Gasteiger partial charge in [-0.15, -0.1) is 0 Å². The van der Waals surface area contributed by atoms with Crippen LogP contribution in [0, 0.1) is 17.1 Å². The molecule has 0 aromatic heterocycles. The van der Waals surface area contributed by atoms with Crippen LogP contribution in [0.3, 0.4) is 0 Å².